The van der Waals surface area contributed by atoms with Crippen molar-refractivity contribution < 1.29 is 9.53 Å². The molecule has 7 nitrogen and oxygen atoms in total. The number of benzene rings is 1. The number of carbonyl (C=O) groups is 1. The summed E-state index contributed by atoms with van der Waals surface area (Å²) in [5, 5.41) is 12.3. The molecule has 0 aliphatic carbocycles. The minimum absolute atomic E-state index is 0.0722. The number of nitrogens with zero attached hydrogens (tertiary/aromatic N) is 5. The average Bonchev–Trinajstić information content (AvgIpc) is 3.09. The van der Waals surface area contributed by atoms with Crippen LogP contribution in [0.25, 0.3) is 0 Å². The lowest BCUT2D eigenvalue weighted by atomic mass is 10.1. The number of morpholine rings is 1. The molecule has 25 heavy (non-hydrogen) atoms. The van der Waals surface area contributed by atoms with Gasteiger partial charge in [0.2, 0.25) is 11.1 Å². The number of tetrazole rings is 1. The second-order valence-corrected chi connectivity index (χ2v) is 7.96. The molecule has 0 spiro atoms. The van der Waals surface area contributed by atoms with E-state index in [4.69, 9.17) is 4.74 Å². The SMILES string of the molecule is CC(C)(C)n1nnnc1S[C@H](C(=O)N1CCOCC1)c1ccccc1. The van der Waals surface area contributed by atoms with E-state index < -0.39 is 0 Å². The maximum atomic E-state index is 13.2. The molecule has 1 fully saturated rings. The highest BCUT2D eigenvalue weighted by Gasteiger charge is 2.31. The first-order valence-corrected chi connectivity index (χ1v) is 9.22. The first-order valence-electron chi connectivity index (χ1n) is 8.34. The molecular weight excluding hydrogens is 338 g/mol. The van der Waals surface area contributed by atoms with Crippen LogP contribution in [0.15, 0.2) is 35.5 Å². The first-order chi connectivity index (χ1) is 12.0. The summed E-state index contributed by atoms with van der Waals surface area (Å²) < 4.78 is 7.13. The standard InChI is InChI=1S/C17H23N5O2S/c1-17(2,3)22-16(18-19-20-22)25-14(13-7-5-4-6-8-13)15(23)21-9-11-24-12-10-21/h4-8,14H,9-12H2,1-3H3/t14-/m0/s1. The molecule has 3 rings (SSSR count). The Kier molecular flexibility index (Phi) is 5.39. The highest BCUT2D eigenvalue weighted by Crippen LogP contribution is 2.37. The van der Waals surface area contributed by atoms with Gasteiger partial charge in [0.15, 0.2) is 0 Å². The van der Waals surface area contributed by atoms with Crippen LogP contribution in [-0.2, 0) is 15.1 Å². The molecule has 0 saturated carbocycles. The Balaban J connectivity index is 1.90. The van der Waals surface area contributed by atoms with Gasteiger partial charge in [-0.3, -0.25) is 4.79 Å². The molecule has 1 aliphatic rings. The summed E-state index contributed by atoms with van der Waals surface area (Å²) in [6, 6.07) is 9.79. The Morgan fingerprint density at radius 1 is 1.20 bits per heavy atom. The topological polar surface area (TPSA) is 73.1 Å². The molecule has 134 valence electrons. The van der Waals surface area contributed by atoms with Gasteiger partial charge in [0.1, 0.15) is 5.25 Å². The molecule has 1 saturated heterocycles. The van der Waals surface area contributed by atoms with Crippen molar-refractivity contribution in [2.24, 2.45) is 0 Å². The molecule has 1 aromatic heterocycles. The van der Waals surface area contributed by atoms with Gasteiger partial charge in [0, 0.05) is 13.1 Å². The number of amides is 1. The minimum Gasteiger partial charge on any atom is -0.378 e. The summed E-state index contributed by atoms with van der Waals surface area (Å²) in [5.41, 5.74) is 0.696. The van der Waals surface area contributed by atoms with Crippen LogP contribution in [0.5, 0.6) is 0 Å². The first kappa shape index (κ1) is 17.9. The minimum atomic E-state index is -0.383. The van der Waals surface area contributed by atoms with Gasteiger partial charge in [-0.1, -0.05) is 42.1 Å². The number of aromatic nitrogens is 4. The van der Waals surface area contributed by atoms with Crippen molar-refractivity contribution in [3.63, 3.8) is 0 Å². The molecule has 8 heteroatoms. The fraction of sp³-hybridized carbons (Fsp3) is 0.529. The lowest BCUT2D eigenvalue weighted by Crippen LogP contribution is -2.42. The number of rotatable bonds is 4. The molecule has 1 atom stereocenters. The number of thioether (sulfide) groups is 1. The van der Waals surface area contributed by atoms with E-state index in [1.807, 2.05) is 56.0 Å². The third-order valence-corrected chi connectivity index (χ3v) is 5.12. The molecule has 0 unspecified atom stereocenters. The second kappa shape index (κ2) is 7.53. The van der Waals surface area contributed by atoms with Crippen LogP contribution in [0, 0.1) is 0 Å². The Labute approximate surface area is 151 Å². The summed E-state index contributed by atoms with van der Waals surface area (Å²) in [6.07, 6.45) is 0. The molecule has 0 N–H and O–H groups in total. The molecule has 2 aromatic rings. The summed E-state index contributed by atoms with van der Waals surface area (Å²) in [6.45, 7) is 8.51. The smallest absolute Gasteiger partial charge is 0.240 e. The van der Waals surface area contributed by atoms with Gasteiger partial charge < -0.3 is 9.64 Å². The van der Waals surface area contributed by atoms with Crippen LogP contribution in [-0.4, -0.2) is 57.3 Å². The van der Waals surface area contributed by atoms with Crippen LogP contribution in [0.1, 0.15) is 31.6 Å². The van der Waals surface area contributed by atoms with Crippen LogP contribution in [0.3, 0.4) is 0 Å². The molecule has 1 aliphatic heterocycles. The molecule has 1 amide bonds. The van der Waals surface area contributed by atoms with Crippen molar-refractivity contribution >= 4 is 17.7 Å². The van der Waals surface area contributed by atoms with Gasteiger partial charge >= 0.3 is 0 Å². The van der Waals surface area contributed by atoms with Crippen molar-refractivity contribution in [1.82, 2.24) is 25.1 Å². The van der Waals surface area contributed by atoms with Crippen LogP contribution < -0.4 is 0 Å². The van der Waals surface area contributed by atoms with Crippen LogP contribution in [0.2, 0.25) is 0 Å². The van der Waals surface area contributed by atoms with Gasteiger partial charge in [-0.25, -0.2) is 4.68 Å². The maximum absolute atomic E-state index is 13.2. The Hall–Kier alpha value is -1.93. The Morgan fingerprint density at radius 3 is 2.52 bits per heavy atom. The number of hydrogen-bond donors (Lipinski definition) is 0. The van der Waals surface area contributed by atoms with E-state index in [9.17, 15) is 4.79 Å². The van der Waals surface area contributed by atoms with E-state index in [0.29, 0.717) is 31.5 Å². The Bertz CT molecular complexity index is 707. The van der Waals surface area contributed by atoms with E-state index in [1.165, 1.54) is 11.8 Å². The zero-order chi connectivity index (χ0) is 17.9. The predicted octanol–water partition coefficient (Wildman–Crippen LogP) is 2.12. The molecule has 0 radical (unpaired) electrons. The normalized spacial score (nSPS) is 16.7. The van der Waals surface area contributed by atoms with Crippen LogP contribution >= 0.6 is 11.8 Å². The monoisotopic (exact) mass is 361 g/mol. The number of ether oxygens (including phenoxy) is 1. The van der Waals surface area contributed by atoms with E-state index in [-0.39, 0.29) is 16.7 Å². The average molecular weight is 361 g/mol. The fourth-order valence-electron chi connectivity index (χ4n) is 2.62. The summed E-state index contributed by atoms with van der Waals surface area (Å²) in [4.78, 5) is 15.0. The van der Waals surface area contributed by atoms with Crippen molar-refractivity contribution in [1.29, 1.82) is 0 Å². The quantitative estimate of drug-likeness (QED) is 0.777. The van der Waals surface area contributed by atoms with E-state index in [0.717, 1.165) is 5.56 Å². The van der Waals surface area contributed by atoms with Gasteiger partial charge in [-0.15, -0.1) is 5.10 Å². The predicted molar refractivity (Wildman–Crippen MR) is 95.3 cm³/mol. The molecule has 0 bridgehead atoms. The van der Waals surface area contributed by atoms with E-state index in [2.05, 4.69) is 15.5 Å². The third-order valence-electron chi connectivity index (χ3n) is 3.95. The zero-order valence-corrected chi connectivity index (χ0v) is 15.6. The lowest BCUT2D eigenvalue weighted by Gasteiger charge is -2.30. The largest absolute Gasteiger partial charge is 0.378 e. The fourth-order valence-corrected chi connectivity index (χ4v) is 3.87. The highest BCUT2D eigenvalue weighted by molar-refractivity contribution is 8.00. The molecular formula is C17H23N5O2S. The van der Waals surface area contributed by atoms with Crippen molar-refractivity contribution in [2.75, 3.05) is 26.3 Å². The Morgan fingerprint density at radius 2 is 1.88 bits per heavy atom. The lowest BCUT2D eigenvalue weighted by molar-refractivity contribution is -0.134. The maximum Gasteiger partial charge on any atom is 0.240 e. The van der Waals surface area contributed by atoms with Gasteiger partial charge in [-0.2, -0.15) is 0 Å². The summed E-state index contributed by atoms with van der Waals surface area (Å²) in [7, 11) is 0. The van der Waals surface area contributed by atoms with E-state index in [1.54, 1.807) is 4.68 Å². The van der Waals surface area contributed by atoms with Crippen molar-refractivity contribution in [3.8, 4) is 0 Å². The van der Waals surface area contributed by atoms with E-state index >= 15 is 0 Å². The molecule has 2 heterocycles. The zero-order valence-electron chi connectivity index (χ0n) is 14.8. The highest BCUT2D eigenvalue weighted by atomic mass is 32.2. The van der Waals surface area contributed by atoms with Crippen molar-refractivity contribution in [3.05, 3.63) is 35.9 Å². The second-order valence-electron chi connectivity index (χ2n) is 6.89. The number of carbonyl (C=O) groups excluding carboxylic acids is 1. The molecule has 1 aromatic carbocycles. The van der Waals surface area contributed by atoms with Gasteiger partial charge in [-0.05, 0) is 36.8 Å². The van der Waals surface area contributed by atoms with Gasteiger partial charge in [0.25, 0.3) is 0 Å². The van der Waals surface area contributed by atoms with Gasteiger partial charge in [0.05, 0.1) is 18.8 Å². The number of hydrogen-bond acceptors (Lipinski definition) is 6. The van der Waals surface area contributed by atoms with Crippen LogP contribution in [0.4, 0.5) is 0 Å². The summed E-state index contributed by atoms with van der Waals surface area (Å²) >= 11 is 1.40. The third kappa shape index (κ3) is 4.19. The summed E-state index contributed by atoms with van der Waals surface area (Å²) in [5.74, 6) is 0.0722. The van der Waals surface area contributed by atoms with Crippen molar-refractivity contribution in [2.45, 2.75) is 36.7 Å².